The molecule has 15 heavy (non-hydrogen) atoms. The van der Waals surface area contributed by atoms with Gasteiger partial charge in [0.05, 0.1) is 0 Å². The van der Waals surface area contributed by atoms with Crippen molar-refractivity contribution in [1.29, 1.82) is 0 Å². The zero-order valence-electron chi connectivity index (χ0n) is 8.21. The minimum Gasteiger partial charge on any atom is -0.267 e. The van der Waals surface area contributed by atoms with E-state index in [4.69, 9.17) is 0 Å². The van der Waals surface area contributed by atoms with Crippen LogP contribution in [0.3, 0.4) is 0 Å². The fourth-order valence-electron chi connectivity index (χ4n) is 0.435. The third kappa shape index (κ3) is 4.58. The van der Waals surface area contributed by atoms with Crippen LogP contribution in [0.2, 0.25) is 0 Å². The predicted octanol–water partition coefficient (Wildman–Crippen LogP) is 0.550. The van der Waals surface area contributed by atoms with Crippen molar-refractivity contribution < 1.29 is 14.5 Å². The number of hydrogen-bond acceptors (Lipinski definition) is 3. The van der Waals surface area contributed by atoms with Crippen molar-refractivity contribution in [3.63, 3.8) is 0 Å². The van der Waals surface area contributed by atoms with Gasteiger partial charge >= 0.3 is 0 Å². The van der Waals surface area contributed by atoms with Crippen LogP contribution in [-0.4, -0.2) is 11.8 Å². The molecule has 0 aliphatic heterocycles. The highest BCUT2D eigenvalue weighted by Gasteiger charge is 2.05. The lowest BCUT2D eigenvalue weighted by atomic mass is 10.3. The fourth-order valence-corrected chi connectivity index (χ4v) is 0.435. The molecule has 0 heterocycles. The average molecular weight is 208 g/mol. The lowest BCUT2D eigenvalue weighted by Crippen LogP contribution is -2.35. The van der Waals surface area contributed by atoms with Crippen LogP contribution in [0.25, 0.3) is 0 Å². The van der Waals surface area contributed by atoms with Gasteiger partial charge in [-0.25, -0.2) is 11.0 Å². The number of amides is 2. The van der Waals surface area contributed by atoms with Gasteiger partial charge in [0.15, 0.2) is 0 Å². The second-order valence-corrected chi connectivity index (χ2v) is 2.42. The lowest BCUT2D eigenvalue weighted by Gasteiger charge is -2.05. The van der Waals surface area contributed by atoms with Gasteiger partial charge in [-0.2, -0.15) is 4.94 Å². The van der Waals surface area contributed by atoms with Gasteiger partial charge in [-0.15, -0.1) is 0 Å². The Kier molecular flexibility index (Phi) is 5.43. The number of carbonyl (C=O) groups is 2. The van der Waals surface area contributed by atoms with Crippen molar-refractivity contribution in [2.75, 3.05) is 0 Å². The third-order valence-corrected chi connectivity index (χ3v) is 1.36. The largest absolute Gasteiger partial charge is 0.276 e. The van der Waals surface area contributed by atoms with E-state index in [1.807, 2.05) is 11.0 Å². The van der Waals surface area contributed by atoms with E-state index in [9.17, 15) is 9.59 Å². The standard InChI is InChI=1S/C10H12N2O3/c1-5-7(3)9(13)11-15-12-10(14)8(4)6-2/h5-6H,1-4H2,(H,11,13)(H,12,14). The molecule has 2 amide bonds. The average Bonchev–Trinajstić information content (AvgIpc) is 2.26. The normalized spacial score (nSPS) is 8.53. The molecular formula is C10H12N2O3. The highest BCUT2D eigenvalue weighted by molar-refractivity contribution is 5.95. The molecule has 5 heteroatoms. The van der Waals surface area contributed by atoms with Crippen LogP contribution in [0.4, 0.5) is 0 Å². The monoisotopic (exact) mass is 208 g/mol. The van der Waals surface area contributed by atoms with E-state index in [-0.39, 0.29) is 11.1 Å². The molecule has 0 bridgehead atoms. The number of carbonyl (C=O) groups excluding carboxylic acids is 2. The Morgan fingerprint density at radius 2 is 1.27 bits per heavy atom. The lowest BCUT2D eigenvalue weighted by molar-refractivity contribution is -0.146. The Bertz CT molecular complexity index is 300. The van der Waals surface area contributed by atoms with Crippen LogP contribution in [0.15, 0.2) is 49.6 Å². The van der Waals surface area contributed by atoms with Crippen molar-refractivity contribution in [1.82, 2.24) is 11.0 Å². The topological polar surface area (TPSA) is 67.4 Å². The first-order valence-corrected chi connectivity index (χ1v) is 3.92. The third-order valence-electron chi connectivity index (χ3n) is 1.36. The maximum atomic E-state index is 11.0. The van der Waals surface area contributed by atoms with Gasteiger partial charge in [-0.05, 0) is 0 Å². The summed E-state index contributed by atoms with van der Waals surface area (Å²) in [7, 11) is 0. The summed E-state index contributed by atoms with van der Waals surface area (Å²) in [5.41, 5.74) is 4.09. The molecule has 0 aromatic carbocycles. The minimum absolute atomic E-state index is 0.117. The Labute approximate surface area is 87.7 Å². The molecule has 0 unspecified atom stereocenters. The molecule has 0 aliphatic rings. The molecule has 0 aromatic rings. The van der Waals surface area contributed by atoms with Gasteiger partial charge in [-0.3, -0.25) is 9.59 Å². The van der Waals surface area contributed by atoms with Gasteiger partial charge in [0.25, 0.3) is 11.8 Å². The Balaban J connectivity index is 3.90. The summed E-state index contributed by atoms with van der Waals surface area (Å²) in [6.07, 6.45) is 2.51. The van der Waals surface area contributed by atoms with Crippen LogP contribution < -0.4 is 11.0 Å². The van der Waals surface area contributed by atoms with Crippen molar-refractivity contribution in [3.05, 3.63) is 49.6 Å². The zero-order valence-corrected chi connectivity index (χ0v) is 8.21. The number of hydroxylamine groups is 2. The SMILES string of the molecule is C=CC(=C)C(=O)NONC(=O)C(=C)C=C. The minimum atomic E-state index is -0.602. The van der Waals surface area contributed by atoms with Crippen LogP contribution in [0.1, 0.15) is 0 Å². The van der Waals surface area contributed by atoms with Crippen molar-refractivity contribution in [3.8, 4) is 0 Å². The maximum absolute atomic E-state index is 11.0. The van der Waals surface area contributed by atoms with E-state index in [1.54, 1.807) is 0 Å². The molecule has 0 atom stereocenters. The zero-order chi connectivity index (χ0) is 11.8. The highest BCUT2D eigenvalue weighted by Crippen LogP contribution is 1.91. The van der Waals surface area contributed by atoms with Gasteiger partial charge in [0.2, 0.25) is 0 Å². The first kappa shape index (κ1) is 12.9. The summed E-state index contributed by atoms with van der Waals surface area (Å²) >= 11 is 0. The summed E-state index contributed by atoms with van der Waals surface area (Å²) in [6.45, 7) is 13.4. The van der Waals surface area contributed by atoms with E-state index in [1.165, 1.54) is 12.2 Å². The predicted molar refractivity (Wildman–Crippen MR) is 56.0 cm³/mol. The van der Waals surface area contributed by atoms with Gasteiger partial charge in [0, 0.05) is 11.1 Å². The Hall–Kier alpha value is -2.14. The molecule has 0 rings (SSSR count). The summed E-state index contributed by atoms with van der Waals surface area (Å²) in [5, 5.41) is 0. The molecule has 80 valence electrons. The Morgan fingerprint density at radius 1 is 0.933 bits per heavy atom. The van der Waals surface area contributed by atoms with Crippen LogP contribution in [-0.2, 0) is 14.5 Å². The molecule has 0 saturated carbocycles. The molecule has 0 aliphatic carbocycles. The fraction of sp³-hybridized carbons (Fsp3) is 0. The Morgan fingerprint density at radius 3 is 1.53 bits per heavy atom. The van der Waals surface area contributed by atoms with Crippen molar-refractivity contribution in [2.24, 2.45) is 0 Å². The summed E-state index contributed by atoms with van der Waals surface area (Å²) in [6, 6.07) is 0. The van der Waals surface area contributed by atoms with E-state index >= 15 is 0 Å². The van der Waals surface area contributed by atoms with Crippen molar-refractivity contribution >= 4 is 11.8 Å². The molecule has 0 spiro atoms. The van der Waals surface area contributed by atoms with Gasteiger partial charge < -0.3 is 0 Å². The van der Waals surface area contributed by atoms with Crippen LogP contribution in [0, 0.1) is 0 Å². The second-order valence-electron chi connectivity index (χ2n) is 2.42. The highest BCUT2D eigenvalue weighted by atomic mass is 16.8. The van der Waals surface area contributed by atoms with E-state index in [2.05, 4.69) is 31.3 Å². The maximum Gasteiger partial charge on any atom is 0.276 e. The molecular weight excluding hydrogens is 196 g/mol. The molecule has 5 nitrogen and oxygen atoms in total. The van der Waals surface area contributed by atoms with E-state index in [0.717, 1.165) is 0 Å². The number of hydrogen-bond donors (Lipinski definition) is 2. The van der Waals surface area contributed by atoms with E-state index < -0.39 is 11.8 Å². The smallest absolute Gasteiger partial charge is 0.267 e. The van der Waals surface area contributed by atoms with E-state index in [0.29, 0.717) is 0 Å². The van der Waals surface area contributed by atoms with Gasteiger partial charge in [-0.1, -0.05) is 38.5 Å². The van der Waals surface area contributed by atoms with Crippen LogP contribution in [0.5, 0.6) is 0 Å². The first-order valence-electron chi connectivity index (χ1n) is 3.92. The molecule has 0 saturated heterocycles. The van der Waals surface area contributed by atoms with Crippen LogP contribution >= 0.6 is 0 Å². The number of rotatable bonds is 6. The molecule has 0 aromatic heterocycles. The quantitative estimate of drug-likeness (QED) is 0.380. The van der Waals surface area contributed by atoms with Crippen molar-refractivity contribution in [2.45, 2.75) is 0 Å². The first-order chi connectivity index (χ1) is 7.02. The summed E-state index contributed by atoms with van der Waals surface area (Å²) in [5.74, 6) is -1.20. The summed E-state index contributed by atoms with van der Waals surface area (Å²) < 4.78 is 0. The molecule has 0 fully saturated rings. The molecule has 0 radical (unpaired) electrons. The summed E-state index contributed by atoms with van der Waals surface area (Å²) in [4.78, 5) is 26.4. The van der Waals surface area contributed by atoms with Gasteiger partial charge in [0.1, 0.15) is 0 Å². The number of nitrogens with one attached hydrogen (secondary N) is 2. The molecule has 2 N–H and O–H groups in total. The second kappa shape index (κ2) is 6.33.